The van der Waals surface area contributed by atoms with Gasteiger partial charge in [0, 0.05) is 32.3 Å². The molecule has 2 aliphatic rings. The molecule has 3 nitrogen and oxygen atoms in total. The van der Waals surface area contributed by atoms with Crippen LogP contribution in [0.3, 0.4) is 0 Å². The molecular formula is C12H25NO2Si. The number of rotatable bonds is 3. The maximum atomic E-state index is 5.78. The monoisotopic (exact) mass is 243 g/mol. The van der Waals surface area contributed by atoms with E-state index >= 15 is 0 Å². The van der Waals surface area contributed by atoms with Gasteiger partial charge in [0.25, 0.3) is 0 Å². The predicted octanol–water partition coefficient (Wildman–Crippen LogP) is 2.65. The molecule has 1 saturated heterocycles. The van der Waals surface area contributed by atoms with Crippen LogP contribution in [0.2, 0.25) is 5.54 Å². The minimum atomic E-state index is -2.00. The molecular weight excluding hydrogens is 218 g/mol. The van der Waals surface area contributed by atoms with Crippen molar-refractivity contribution in [1.82, 2.24) is 4.57 Å². The zero-order chi connectivity index (χ0) is 11.6. The van der Waals surface area contributed by atoms with Crippen molar-refractivity contribution >= 4 is 8.72 Å². The normalized spacial score (nSPS) is 32.1. The smallest absolute Gasteiger partial charge is 0.386 e. The first-order chi connectivity index (χ1) is 7.74. The van der Waals surface area contributed by atoms with Crippen molar-refractivity contribution in [2.75, 3.05) is 20.8 Å². The summed E-state index contributed by atoms with van der Waals surface area (Å²) < 4.78 is 14.1. The second-order valence-corrected chi connectivity index (χ2v) is 8.88. The van der Waals surface area contributed by atoms with Crippen LogP contribution in [-0.4, -0.2) is 40.1 Å². The first-order valence-electron chi connectivity index (χ1n) is 6.61. The molecule has 0 N–H and O–H groups in total. The maximum Gasteiger partial charge on any atom is 0.431 e. The Balaban J connectivity index is 2.03. The highest BCUT2D eigenvalue weighted by Crippen LogP contribution is 2.42. The van der Waals surface area contributed by atoms with Crippen LogP contribution in [0.4, 0.5) is 0 Å². The highest BCUT2D eigenvalue weighted by molar-refractivity contribution is 6.68. The maximum absolute atomic E-state index is 5.78. The van der Waals surface area contributed by atoms with Crippen molar-refractivity contribution < 1.29 is 8.85 Å². The van der Waals surface area contributed by atoms with E-state index in [1.807, 2.05) is 14.2 Å². The van der Waals surface area contributed by atoms with Crippen molar-refractivity contribution in [3.63, 3.8) is 0 Å². The molecule has 2 fully saturated rings. The van der Waals surface area contributed by atoms with Gasteiger partial charge in [-0.1, -0.05) is 32.6 Å². The van der Waals surface area contributed by atoms with E-state index in [4.69, 9.17) is 8.85 Å². The first-order valence-corrected chi connectivity index (χ1v) is 8.45. The van der Waals surface area contributed by atoms with Gasteiger partial charge in [-0.15, -0.1) is 0 Å². The Kier molecular flexibility index (Phi) is 4.05. The Hall–Kier alpha value is 0.0969. The molecule has 1 aliphatic carbocycles. The molecule has 0 aromatic heterocycles. The highest BCUT2D eigenvalue weighted by Gasteiger charge is 2.59. The third-order valence-corrected chi connectivity index (χ3v) is 8.29. The van der Waals surface area contributed by atoms with Crippen LogP contribution in [0.25, 0.3) is 0 Å². The largest absolute Gasteiger partial charge is 0.431 e. The highest BCUT2D eigenvalue weighted by atomic mass is 28.4. The van der Waals surface area contributed by atoms with E-state index in [0.29, 0.717) is 5.54 Å². The number of nitrogens with zero attached hydrogens (tertiary/aromatic N) is 1. The van der Waals surface area contributed by atoms with Gasteiger partial charge in [-0.3, -0.25) is 4.57 Å². The van der Waals surface area contributed by atoms with Gasteiger partial charge in [-0.2, -0.15) is 0 Å². The summed E-state index contributed by atoms with van der Waals surface area (Å²) in [4.78, 5) is 0. The molecule has 1 atom stereocenters. The molecule has 16 heavy (non-hydrogen) atoms. The topological polar surface area (TPSA) is 21.7 Å². The average Bonchev–Trinajstić information content (AvgIpc) is 2.56. The van der Waals surface area contributed by atoms with Gasteiger partial charge in [0.05, 0.1) is 0 Å². The van der Waals surface area contributed by atoms with Crippen LogP contribution >= 0.6 is 0 Å². The van der Waals surface area contributed by atoms with Crippen molar-refractivity contribution in [3.05, 3.63) is 0 Å². The molecule has 0 bridgehead atoms. The van der Waals surface area contributed by atoms with Crippen LogP contribution in [-0.2, 0) is 8.85 Å². The lowest BCUT2D eigenvalue weighted by Crippen LogP contribution is -2.73. The zero-order valence-corrected chi connectivity index (χ0v) is 11.9. The van der Waals surface area contributed by atoms with E-state index in [9.17, 15) is 0 Å². The summed E-state index contributed by atoms with van der Waals surface area (Å²) in [6.07, 6.45) is 8.27. The molecule has 0 aromatic carbocycles. The van der Waals surface area contributed by atoms with Gasteiger partial charge in [0.1, 0.15) is 0 Å². The van der Waals surface area contributed by atoms with E-state index in [-0.39, 0.29) is 0 Å². The van der Waals surface area contributed by atoms with Gasteiger partial charge in [-0.05, 0) is 12.8 Å². The lowest BCUT2D eigenvalue weighted by Gasteiger charge is -2.54. The summed E-state index contributed by atoms with van der Waals surface area (Å²) in [6, 6.07) is 0.727. The number of hydrogen-bond donors (Lipinski definition) is 0. The van der Waals surface area contributed by atoms with Crippen LogP contribution in [0.15, 0.2) is 0 Å². The second-order valence-electron chi connectivity index (χ2n) is 5.24. The van der Waals surface area contributed by atoms with Gasteiger partial charge < -0.3 is 8.85 Å². The van der Waals surface area contributed by atoms with Crippen molar-refractivity contribution in [1.29, 1.82) is 0 Å². The molecule has 2 rings (SSSR count). The van der Waals surface area contributed by atoms with Crippen LogP contribution in [0, 0.1) is 0 Å². The first kappa shape index (κ1) is 12.6. The molecule has 0 spiro atoms. The molecule has 1 saturated carbocycles. The third kappa shape index (κ3) is 1.96. The minimum absolute atomic E-state index is 0.616. The summed E-state index contributed by atoms with van der Waals surface area (Å²) >= 11 is 0. The molecule has 4 heteroatoms. The summed E-state index contributed by atoms with van der Waals surface area (Å²) in [5.74, 6) is 0. The van der Waals surface area contributed by atoms with E-state index in [2.05, 4.69) is 11.5 Å². The Labute approximate surface area is 100 Å². The second kappa shape index (κ2) is 5.17. The van der Waals surface area contributed by atoms with Crippen molar-refractivity contribution in [3.8, 4) is 0 Å². The van der Waals surface area contributed by atoms with E-state index in [0.717, 1.165) is 6.04 Å². The van der Waals surface area contributed by atoms with Gasteiger partial charge >= 0.3 is 8.72 Å². The van der Waals surface area contributed by atoms with Gasteiger partial charge in [0.2, 0.25) is 0 Å². The predicted molar refractivity (Wildman–Crippen MR) is 67.4 cm³/mol. The van der Waals surface area contributed by atoms with Crippen LogP contribution in [0.5, 0.6) is 0 Å². The fraction of sp³-hybridized carbons (Fsp3) is 1.00. The summed E-state index contributed by atoms with van der Waals surface area (Å²) in [5.41, 5.74) is 0.616. The van der Waals surface area contributed by atoms with Gasteiger partial charge in [0.15, 0.2) is 0 Å². The van der Waals surface area contributed by atoms with Crippen molar-refractivity contribution in [2.45, 2.75) is 57.0 Å². The fourth-order valence-electron chi connectivity index (χ4n) is 3.40. The molecule has 0 amide bonds. The molecule has 0 radical (unpaired) electrons. The Bertz CT molecular complexity index is 225. The molecule has 94 valence electrons. The Morgan fingerprint density at radius 3 is 2.00 bits per heavy atom. The van der Waals surface area contributed by atoms with Crippen LogP contribution in [0.1, 0.15) is 45.4 Å². The van der Waals surface area contributed by atoms with Gasteiger partial charge in [-0.25, -0.2) is 0 Å². The molecule has 1 aliphatic heterocycles. The summed E-state index contributed by atoms with van der Waals surface area (Å²) in [6.45, 7) is 3.45. The molecule has 0 aromatic rings. The molecule has 1 unspecified atom stereocenters. The van der Waals surface area contributed by atoms with E-state index in [1.54, 1.807) is 0 Å². The lowest BCUT2D eigenvalue weighted by molar-refractivity contribution is 0.0710. The Morgan fingerprint density at radius 1 is 1.00 bits per heavy atom. The Morgan fingerprint density at radius 2 is 1.56 bits per heavy atom. The molecule has 1 heterocycles. The van der Waals surface area contributed by atoms with Crippen molar-refractivity contribution in [2.24, 2.45) is 0 Å². The standard InChI is InChI=1S/C12H25NO2Si/c1-11-10-13(16(11,14-2)15-3)12-8-6-4-5-7-9-12/h11-12H,4-10H2,1-3H3. The number of hydrogen-bond acceptors (Lipinski definition) is 3. The third-order valence-electron chi connectivity index (χ3n) is 4.34. The SMILES string of the molecule is CO[Si]1(OC)C(C)CN1C1CCCCCC1. The average molecular weight is 243 g/mol. The zero-order valence-electron chi connectivity index (χ0n) is 10.9. The minimum Gasteiger partial charge on any atom is -0.386 e. The fourth-order valence-corrected chi connectivity index (χ4v) is 6.81. The quantitative estimate of drug-likeness (QED) is 0.562. The van der Waals surface area contributed by atoms with E-state index in [1.165, 1.54) is 45.1 Å². The summed E-state index contributed by atoms with van der Waals surface area (Å²) in [5, 5.41) is 0. The summed E-state index contributed by atoms with van der Waals surface area (Å²) in [7, 11) is 1.66. The van der Waals surface area contributed by atoms with E-state index < -0.39 is 8.72 Å². The lowest BCUT2D eigenvalue weighted by atomic mass is 10.1. The van der Waals surface area contributed by atoms with Crippen LogP contribution < -0.4 is 0 Å².